The second-order valence-corrected chi connectivity index (χ2v) is 7.06. The second-order valence-electron chi connectivity index (χ2n) is 7.06. The van der Waals surface area contributed by atoms with Gasteiger partial charge in [0.25, 0.3) is 0 Å². The predicted molar refractivity (Wildman–Crippen MR) is 91.5 cm³/mol. The minimum absolute atomic E-state index is 0.283. The minimum Gasteiger partial charge on any atom is -0.356 e. The highest BCUT2D eigenvalue weighted by Gasteiger charge is 2.31. The predicted octanol–water partition coefficient (Wildman–Crippen LogP) is 2.71. The van der Waals surface area contributed by atoms with E-state index in [0.29, 0.717) is 11.9 Å². The Bertz CT molecular complexity index is 540. The zero-order valence-electron chi connectivity index (χ0n) is 14.6. The highest BCUT2D eigenvalue weighted by atomic mass is 16.2. The topological polar surface area (TPSA) is 49.3 Å². The molecule has 0 spiro atoms. The molecular formula is C18H28N4O. The molecule has 5 heteroatoms. The lowest BCUT2D eigenvalue weighted by Crippen LogP contribution is -2.47. The molecule has 1 amide bonds. The summed E-state index contributed by atoms with van der Waals surface area (Å²) in [6, 6.07) is 2.43. The first-order valence-electron chi connectivity index (χ1n) is 8.88. The van der Waals surface area contributed by atoms with Crippen LogP contribution in [0, 0.1) is 19.8 Å². The summed E-state index contributed by atoms with van der Waals surface area (Å²) in [7, 11) is 2.00. The number of aromatic nitrogens is 2. The van der Waals surface area contributed by atoms with E-state index >= 15 is 0 Å². The lowest BCUT2D eigenvalue weighted by molar-refractivity contribution is -0.136. The Labute approximate surface area is 139 Å². The smallest absolute Gasteiger partial charge is 0.225 e. The Kier molecular flexibility index (Phi) is 4.83. The maximum Gasteiger partial charge on any atom is 0.225 e. The van der Waals surface area contributed by atoms with Crippen molar-refractivity contribution < 1.29 is 4.79 Å². The Morgan fingerprint density at radius 1 is 1.13 bits per heavy atom. The van der Waals surface area contributed by atoms with Gasteiger partial charge in [-0.05, 0) is 39.5 Å². The van der Waals surface area contributed by atoms with Crippen LogP contribution in [0.5, 0.6) is 0 Å². The van der Waals surface area contributed by atoms with Crippen LogP contribution in [0.4, 0.5) is 5.82 Å². The van der Waals surface area contributed by atoms with Gasteiger partial charge in [-0.3, -0.25) is 4.79 Å². The van der Waals surface area contributed by atoms with Gasteiger partial charge in [-0.1, -0.05) is 12.8 Å². The van der Waals surface area contributed by atoms with Crippen LogP contribution < -0.4 is 4.90 Å². The van der Waals surface area contributed by atoms with Crippen LogP contribution in [0.15, 0.2) is 6.07 Å². The minimum atomic E-state index is 0.283. The number of carbonyl (C=O) groups excluding carboxylic acids is 1. The summed E-state index contributed by atoms with van der Waals surface area (Å²) in [4.78, 5) is 25.8. The Hall–Kier alpha value is -1.65. The van der Waals surface area contributed by atoms with Gasteiger partial charge in [0.1, 0.15) is 11.6 Å². The number of amides is 1. The molecule has 23 heavy (non-hydrogen) atoms. The van der Waals surface area contributed by atoms with Crippen LogP contribution in [-0.2, 0) is 4.79 Å². The van der Waals surface area contributed by atoms with Crippen molar-refractivity contribution >= 4 is 11.7 Å². The normalized spacial score (nSPS) is 20.0. The first-order chi connectivity index (χ1) is 11.0. The van der Waals surface area contributed by atoms with E-state index in [1.807, 2.05) is 25.8 Å². The van der Waals surface area contributed by atoms with E-state index in [9.17, 15) is 4.79 Å². The van der Waals surface area contributed by atoms with Crippen molar-refractivity contribution in [1.29, 1.82) is 0 Å². The van der Waals surface area contributed by atoms with Crippen LogP contribution >= 0.6 is 0 Å². The Morgan fingerprint density at radius 2 is 1.78 bits per heavy atom. The van der Waals surface area contributed by atoms with Crippen molar-refractivity contribution in [3.8, 4) is 0 Å². The van der Waals surface area contributed by atoms with Gasteiger partial charge < -0.3 is 9.80 Å². The van der Waals surface area contributed by atoms with E-state index in [1.165, 1.54) is 12.8 Å². The van der Waals surface area contributed by atoms with Crippen molar-refractivity contribution in [2.24, 2.45) is 5.92 Å². The molecule has 1 saturated heterocycles. The molecule has 3 rings (SSSR count). The zero-order chi connectivity index (χ0) is 16.4. The summed E-state index contributed by atoms with van der Waals surface area (Å²) in [5.41, 5.74) is 1.02. The van der Waals surface area contributed by atoms with E-state index in [2.05, 4.69) is 20.9 Å². The Balaban J connectivity index is 1.58. The van der Waals surface area contributed by atoms with Gasteiger partial charge in [0.2, 0.25) is 5.91 Å². The van der Waals surface area contributed by atoms with Gasteiger partial charge in [-0.2, -0.15) is 0 Å². The molecule has 1 aliphatic carbocycles. The number of rotatable bonds is 3. The summed E-state index contributed by atoms with van der Waals surface area (Å²) in [5.74, 6) is 2.51. The number of hydrogen-bond donors (Lipinski definition) is 0. The molecule has 1 aromatic rings. The monoisotopic (exact) mass is 316 g/mol. The first kappa shape index (κ1) is 16.2. The number of aryl methyl sites for hydroxylation is 2. The van der Waals surface area contributed by atoms with Gasteiger partial charge in [0.15, 0.2) is 0 Å². The van der Waals surface area contributed by atoms with E-state index < -0.39 is 0 Å². The third kappa shape index (κ3) is 3.65. The molecule has 0 radical (unpaired) electrons. The van der Waals surface area contributed by atoms with Crippen LogP contribution in [0.2, 0.25) is 0 Å². The van der Waals surface area contributed by atoms with Gasteiger partial charge in [-0.15, -0.1) is 0 Å². The van der Waals surface area contributed by atoms with E-state index in [4.69, 9.17) is 0 Å². The lowest BCUT2D eigenvalue weighted by atomic mass is 10.00. The van der Waals surface area contributed by atoms with Gasteiger partial charge in [0.05, 0.1) is 0 Å². The quantitative estimate of drug-likeness (QED) is 0.860. The molecule has 0 aromatic carbocycles. The van der Waals surface area contributed by atoms with Crippen molar-refractivity contribution in [2.75, 3.05) is 25.0 Å². The summed E-state index contributed by atoms with van der Waals surface area (Å²) in [5, 5.41) is 0. The van der Waals surface area contributed by atoms with E-state index in [1.54, 1.807) is 0 Å². The van der Waals surface area contributed by atoms with E-state index in [-0.39, 0.29) is 5.92 Å². The summed E-state index contributed by atoms with van der Waals surface area (Å²) in [6.07, 6.45) is 6.65. The molecule has 2 aliphatic rings. The molecule has 0 atom stereocenters. The molecular weight excluding hydrogens is 288 g/mol. The van der Waals surface area contributed by atoms with Crippen LogP contribution in [0.1, 0.15) is 50.0 Å². The summed E-state index contributed by atoms with van der Waals surface area (Å²) < 4.78 is 0. The highest BCUT2D eigenvalue weighted by Crippen LogP contribution is 2.28. The Morgan fingerprint density at radius 3 is 2.39 bits per heavy atom. The van der Waals surface area contributed by atoms with E-state index in [0.717, 1.165) is 56.1 Å². The average molecular weight is 316 g/mol. The van der Waals surface area contributed by atoms with Gasteiger partial charge in [0, 0.05) is 43.9 Å². The number of hydrogen-bond acceptors (Lipinski definition) is 4. The average Bonchev–Trinajstić information content (AvgIpc) is 3.07. The second kappa shape index (κ2) is 6.85. The molecule has 0 bridgehead atoms. The van der Waals surface area contributed by atoms with Crippen molar-refractivity contribution in [2.45, 2.75) is 58.4 Å². The maximum atomic E-state index is 12.6. The van der Waals surface area contributed by atoms with Crippen LogP contribution in [-0.4, -0.2) is 47.0 Å². The van der Waals surface area contributed by atoms with Crippen LogP contribution in [0.3, 0.4) is 0 Å². The molecule has 2 fully saturated rings. The molecule has 2 heterocycles. The summed E-state index contributed by atoms with van der Waals surface area (Å²) >= 11 is 0. The maximum absolute atomic E-state index is 12.6. The standard InChI is InChI=1S/C18H28N4O/c1-13-12-17(20-14(2)19-13)22-10-8-16(9-11-22)21(3)18(23)15-6-4-5-7-15/h12,15-16H,4-11H2,1-3H3. The lowest BCUT2D eigenvalue weighted by Gasteiger charge is -2.38. The fourth-order valence-corrected chi connectivity index (χ4v) is 3.98. The third-order valence-corrected chi connectivity index (χ3v) is 5.34. The zero-order valence-corrected chi connectivity index (χ0v) is 14.6. The van der Waals surface area contributed by atoms with Crippen molar-refractivity contribution in [3.05, 3.63) is 17.6 Å². The van der Waals surface area contributed by atoms with Gasteiger partial charge in [-0.25, -0.2) is 9.97 Å². The molecule has 1 aromatic heterocycles. The summed E-state index contributed by atoms with van der Waals surface area (Å²) in [6.45, 7) is 5.88. The van der Waals surface area contributed by atoms with Crippen molar-refractivity contribution in [1.82, 2.24) is 14.9 Å². The molecule has 0 N–H and O–H groups in total. The van der Waals surface area contributed by atoms with Crippen LogP contribution in [0.25, 0.3) is 0 Å². The first-order valence-corrected chi connectivity index (χ1v) is 8.88. The number of nitrogens with zero attached hydrogens (tertiary/aromatic N) is 4. The number of piperidine rings is 1. The molecule has 1 saturated carbocycles. The fourth-order valence-electron chi connectivity index (χ4n) is 3.98. The molecule has 1 aliphatic heterocycles. The third-order valence-electron chi connectivity index (χ3n) is 5.34. The number of carbonyl (C=O) groups is 1. The molecule has 0 unspecified atom stereocenters. The fraction of sp³-hybridized carbons (Fsp3) is 0.722. The number of anilines is 1. The largest absolute Gasteiger partial charge is 0.356 e. The molecule has 126 valence electrons. The SMILES string of the molecule is Cc1cc(N2CCC(N(C)C(=O)C3CCCC3)CC2)nc(C)n1. The highest BCUT2D eigenvalue weighted by molar-refractivity contribution is 5.79. The van der Waals surface area contributed by atoms with Gasteiger partial charge >= 0.3 is 0 Å². The molecule has 5 nitrogen and oxygen atoms in total. The van der Waals surface area contributed by atoms with Crippen molar-refractivity contribution in [3.63, 3.8) is 0 Å².